The third kappa shape index (κ3) is 3.63. The van der Waals surface area contributed by atoms with Crippen LogP contribution in [-0.4, -0.2) is 55.9 Å². The van der Waals surface area contributed by atoms with Crippen LogP contribution < -0.4 is 4.90 Å². The SMILES string of the molecule is Cc1cccc(C)c1-n1nnn(CN2CCN(c3ccccn3)CC2)c1=S. The molecule has 0 amide bonds. The number of nitrogens with zero attached hydrogens (tertiary/aromatic N) is 7. The Morgan fingerprint density at radius 3 is 2.33 bits per heavy atom. The zero-order chi connectivity index (χ0) is 18.8. The number of aromatic nitrogens is 5. The maximum Gasteiger partial charge on any atom is 0.221 e. The molecule has 0 N–H and O–H groups in total. The van der Waals surface area contributed by atoms with Gasteiger partial charge in [-0.05, 0) is 59.8 Å². The summed E-state index contributed by atoms with van der Waals surface area (Å²) in [5.41, 5.74) is 3.30. The van der Waals surface area contributed by atoms with E-state index in [1.807, 2.05) is 24.4 Å². The van der Waals surface area contributed by atoms with Crippen molar-refractivity contribution in [2.75, 3.05) is 31.1 Å². The molecule has 27 heavy (non-hydrogen) atoms. The van der Waals surface area contributed by atoms with Crippen LogP contribution in [0.25, 0.3) is 5.69 Å². The van der Waals surface area contributed by atoms with E-state index >= 15 is 0 Å². The van der Waals surface area contributed by atoms with E-state index < -0.39 is 0 Å². The zero-order valence-corrected chi connectivity index (χ0v) is 16.4. The van der Waals surface area contributed by atoms with Gasteiger partial charge in [0.25, 0.3) is 0 Å². The Morgan fingerprint density at radius 1 is 0.926 bits per heavy atom. The van der Waals surface area contributed by atoms with Crippen LogP contribution in [0.5, 0.6) is 0 Å². The average molecular weight is 382 g/mol. The number of aryl methyl sites for hydroxylation is 2. The normalized spacial score (nSPS) is 15.3. The van der Waals surface area contributed by atoms with Crippen molar-refractivity contribution in [1.29, 1.82) is 0 Å². The maximum atomic E-state index is 5.65. The molecule has 0 aliphatic carbocycles. The lowest BCUT2D eigenvalue weighted by molar-refractivity contribution is 0.192. The zero-order valence-electron chi connectivity index (χ0n) is 15.6. The first-order valence-corrected chi connectivity index (χ1v) is 9.52. The molecule has 0 bridgehead atoms. The highest BCUT2D eigenvalue weighted by Crippen LogP contribution is 2.18. The number of anilines is 1. The minimum absolute atomic E-state index is 0.625. The highest BCUT2D eigenvalue weighted by Gasteiger charge is 2.19. The minimum atomic E-state index is 0.625. The molecule has 8 heteroatoms. The van der Waals surface area contributed by atoms with Crippen molar-refractivity contribution >= 4 is 18.0 Å². The van der Waals surface area contributed by atoms with Gasteiger partial charge in [-0.3, -0.25) is 4.90 Å². The molecule has 2 aromatic heterocycles. The topological polar surface area (TPSA) is 55.0 Å². The second kappa shape index (κ2) is 7.58. The van der Waals surface area contributed by atoms with Crippen LogP contribution in [0.3, 0.4) is 0 Å². The van der Waals surface area contributed by atoms with Crippen molar-refractivity contribution in [3.05, 3.63) is 58.5 Å². The maximum absolute atomic E-state index is 5.65. The number of rotatable bonds is 4. The smallest absolute Gasteiger partial charge is 0.221 e. The highest BCUT2D eigenvalue weighted by molar-refractivity contribution is 7.71. The Kier molecular flexibility index (Phi) is 5.00. The number of benzene rings is 1. The van der Waals surface area contributed by atoms with Gasteiger partial charge in [0.1, 0.15) is 5.82 Å². The Balaban J connectivity index is 1.46. The predicted molar refractivity (Wildman–Crippen MR) is 108 cm³/mol. The molecule has 1 aliphatic heterocycles. The van der Waals surface area contributed by atoms with E-state index in [9.17, 15) is 0 Å². The fourth-order valence-electron chi connectivity index (χ4n) is 3.49. The fourth-order valence-corrected chi connectivity index (χ4v) is 3.71. The van der Waals surface area contributed by atoms with Crippen LogP contribution in [0.4, 0.5) is 5.82 Å². The van der Waals surface area contributed by atoms with Crippen LogP contribution >= 0.6 is 12.2 Å². The summed E-state index contributed by atoms with van der Waals surface area (Å²) in [7, 11) is 0. The Bertz CT molecular complexity index is 951. The summed E-state index contributed by atoms with van der Waals surface area (Å²) in [6.45, 7) is 8.55. The second-order valence-electron chi connectivity index (χ2n) is 6.85. The number of tetrazole rings is 1. The first-order chi connectivity index (χ1) is 13.1. The Hall–Kier alpha value is -2.58. The number of para-hydroxylation sites is 1. The fraction of sp³-hybridized carbons (Fsp3) is 0.368. The van der Waals surface area contributed by atoms with Crippen LogP contribution in [0.1, 0.15) is 11.1 Å². The molecular formula is C19H23N7S. The molecule has 1 aromatic carbocycles. The first-order valence-electron chi connectivity index (χ1n) is 9.11. The van der Waals surface area contributed by atoms with Crippen LogP contribution in [0, 0.1) is 18.6 Å². The molecule has 4 rings (SSSR count). The number of piperazine rings is 1. The number of pyridine rings is 1. The van der Waals surface area contributed by atoms with Gasteiger partial charge in [0, 0.05) is 32.4 Å². The van der Waals surface area contributed by atoms with Gasteiger partial charge in [-0.1, -0.05) is 24.3 Å². The summed E-state index contributed by atoms with van der Waals surface area (Å²) in [5.74, 6) is 1.04. The standard InChI is InChI=1S/C19H23N7S/c1-15-6-5-7-16(2)18(15)26-19(27)25(21-22-26)14-23-10-12-24(13-11-23)17-8-3-4-9-20-17/h3-9H,10-14H2,1-2H3. The summed E-state index contributed by atoms with van der Waals surface area (Å²) in [6, 6.07) is 12.2. The molecule has 0 spiro atoms. The number of hydrogen-bond acceptors (Lipinski definition) is 6. The van der Waals surface area contributed by atoms with Gasteiger partial charge >= 0.3 is 0 Å². The van der Waals surface area contributed by atoms with Crippen molar-refractivity contribution in [3.63, 3.8) is 0 Å². The molecule has 140 valence electrons. The van der Waals surface area contributed by atoms with Crippen molar-refractivity contribution in [2.24, 2.45) is 0 Å². The molecule has 1 fully saturated rings. The van der Waals surface area contributed by atoms with Crippen molar-refractivity contribution < 1.29 is 0 Å². The van der Waals surface area contributed by atoms with Crippen LogP contribution in [-0.2, 0) is 6.67 Å². The van der Waals surface area contributed by atoms with Crippen molar-refractivity contribution in [3.8, 4) is 5.69 Å². The summed E-state index contributed by atoms with van der Waals surface area (Å²) < 4.78 is 4.20. The molecule has 3 heterocycles. The molecular weight excluding hydrogens is 358 g/mol. The van der Waals surface area contributed by atoms with E-state index in [2.05, 4.69) is 57.3 Å². The summed E-state index contributed by atoms with van der Waals surface area (Å²) in [4.78, 5) is 9.09. The third-order valence-electron chi connectivity index (χ3n) is 4.97. The first kappa shape index (κ1) is 17.8. The van der Waals surface area contributed by atoms with E-state index in [4.69, 9.17) is 12.2 Å². The summed E-state index contributed by atoms with van der Waals surface area (Å²) in [5, 5.41) is 8.62. The largest absolute Gasteiger partial charge is 0.354 e. The van der Waals surface area contributed by atoms with Gasteiger partial charge in [0.2, 0.25) is 4.77 Å². The van der Waals surface area contributed by atoms with Crippen molar-refractivity contribution in [2.45, 2.75) is 20.5 Å². The molecule has 0 saturated carbocycles. The Morgan fingerprint density at radius 2 is 1.67 bits per heavy atom. The quantitative estimate of drug-likeness (QED) is 0.648. The molecule has 0 radical (unpaired) electrons. The van der Waals surface area contributed by atoms with E-state index in [1.54, 1.807) is 9.36 Å². The molecule has 7 nitrogen and oxygen atoms in total. The molecule has 1 aliphatic rings. The van der Waals surface area contributed by atoms with E-state index in [0.717, 1.165) is 48.8 Å². The van der Waals surface area contributed by atoms with E-state index in [0.29, 0.717) is 11.4 Å². The van der Waals surface area contributed by atoms with Crippen LogP contribution in [0.2, 0.25) is 0 Å². The predicted octanol–water partition coefficient (Wildman–Crippen LogP) is 2.59. The van der Waals surface area contributed by atoms with Gasteiger partial charge in [0.05, 0.1) is 12.4 Å². The summed E-state index contributed by atoms with van der Waals surface area (Å²) in [6.07, 6.45) is 1.84. The monoisotopic (exact) mass is 381 g/mol. The van der Waals surface area contributed by atoms with Gasteiger partial charge in [-0.2, -0.15) is 4.68 Å². The third-order valence-corrected chi connectivity index (χ3v) is 5.35. The van der Waals surface area contributed by atoms with E-state index in [-0.39, 0.29) is 0 Å². The minimum Gasteiger partial charge on any atom is -0.354 e. The molecule has 3 aromatic rings. The molecule has 1 saturated heterocycles. The second-order valence-corrected chi connectivity index (χ2v) is 7.21. The lowest BCUT2D eigenvalue weighted by Crippen LogP contribution is -2.47. The molecule has 0 unspecified atom stereocenters. The van der Waals surface area contributed by atoms with Gasteiger partial charge < -0.3 is 4.90 Å². The number of hydrogen-bond donors (Lipinski definition) is 0. The lowest BCUT2D eigenvalue weighted by Gasteiger charge is -2.34. The van der Waals surface area contributed by atoms with E-state index in [1.165, 1.54) is 0 Å². The van der Waals surface area contributed by atoms with Gasteiger partial charge in [0.15, 0.2) is 0 Å². The Labute approximate surface area is 163 Å². The molecule has 0 atom stereocenters. The van der Waals surface area contributed by atoms with Crippen molar-refractivity contribution in [1.82, 2.24) is 29.7 Å². The van der Waals surface area contributed by atoms with Crippen LogP contribution in [0.15, 0.2) is 42.6 Å². The average Bonchev–Trinajstić information content (AvgIpc) is 3.03. The highest BCUT2D eigenvalue weighted by atomic mass is 32.1. The summed E-state index contributed by atoms with van der Waals surface area (Å²) >= 11 is 5.65. The lowest BCUT2D eigenvalue weighted by atomic mass is 10.1. The van der Waals surface area contributed by atoms with Gasteiger partial charge in [-0.25, -0.2) is 9.67 Å². The van der Waals surface area contributed by atoms with Gasteiger partial charge in [-0.15, -0.1) is 0 Å².